The summed E-state index contributed by atoms with van der Waals surface area (Å²) in [5, 5.41) is 11.5. The van der Waals surface area contributed by atoms with Crippen molar-refractivity contribution in [3.05, 3.63) is 59.5 Å². The zero-order chi connectivity index (χ0) is 18.9. The lowest BCUT2D eigenvalue weighted by Gasteiger charge is -2.20. The van der Waals surface area contributed by atoms with E-state index in [4.69, 9.17) is 9.52 Å². The quantitative estimate of drug-likeness (QED) is 0.718. The normalized spacial score (nSPS) is 10.7. The van der Waals surface area contributed by atoms with Gasteiger partial charge in [-0.3, -0.25) is 9.69 Å². The van der Waals surface area contributed by atoms with Crippen LogP contribution < -0.4 is 5.32 Å². The van der Waals surface area contributed by atoms with Crippen LogP contribution in [0.4, 0.5) is 4.79 Å². The fourth-order valence-corrected chi connectivity index (χ4v) is 2.57. The van der Waals surface area contributed by atoms with Crippen molar-refractivity contribution in [2.24, 2.45) is 0 Å². The molecule has 1 heterocycles. The summed E-state index contributed by atoms with van der Waals surface area (Å²) >= 11 is 0. The minimum absolute atomic E-state index is 0.0713. The number of furan rings is 1. The predicted octanol–water partition coefficient (Wildman–Crippen LogP) is 2.53. The second kappa shape index (κ2) is 9.62. The highest BCUT2D eigenvalue weighted by Gasteiger charge is 2.12. The molecule has 0 bridgehead atoms. The van der Waals surface area contributed by atoms with Gasteiger partial charge in [0.2, 0.25) is 0 Å². The summed E-state index contributed by atoms with van der Waals surface area (Å²) in [5.74, 6) is -0.0204. The number of carbonyl (C=O) groups is 2. The van der Waals surface area contributed by atoms with Crippen LogP contribution >= 0.6 is 0 Å². The van der Waals surface area contributed by atoms with Crippen molar-refractivity contribution in [3.8, 4) is 0 Å². The Kier molecular flexibility index (Phi) is 7.23. The van der Waals surface area contributed by atoms with Crippen LogP contribution in [0.5, 0.6) is 0 Å². The first-order valence-corrected chi connectivity index (χ1v) is 8.44. The van der Waals surface area contributed by atoms with Crippen LogP contribution in [-0.4, -0.2) is 47.5 Å². The molecule has 0 unspecified atom stereocenters. The minimum Gasteiger partial charge on any atom is -0.481 e. The Morgan fingerprint density at radius 1 is 1.08 bits per heavy atom. The molecule has 7 heteroatoms. The molecule has 2 amide bonds. The van der Waals surface area contributed by atoms with Gasteiger partial charge in [0.05, 0.1) is 19.2 Å². The highest BCUT2D eigenvalue weighted by atomic mass is 16.4. The van der Waals surface area contributed by atoms with Gasteiger partial charge in [0, 0.05) is 26.7 Å². The summed E-state index contributed by atoms with van der Waals surface area (Å²) in [4.78, 5) is 26.2. The first-order valence-electron chi connectivity index (χ1n) is 8.44. The molecular weight excluding hydrogens is 334 g/mol. The topological polar surface area (TPSA) is 86.0 Å². The Morgan fingerprint density at radius 2 is 1.81 bits per heavy atom. The zero-order valence-corrected chi connectivity index (χ0v) is 15.1. The van der Waals surface area contributed by atoms with Crippen LogP contribution in [0.15, 0.2) is 47.1 Å². The van der Waals surface area contributed by atoms with E-state index in [0.29, 0.717) is 13.1 Å². The first-order chi connectivity index (χ1) is 12.5. The lowest BCUT2D eigenvalue weighted by atomic mass is 10.1. The van der Waals surface area contributed by atoms with Gasteiger partial charge in [0.25, 0.3) is 0 Å². The van der Waals surface area contributed by atoms with Gasteiger partial charge >= 0.3 is 12.0 Å². The van der Waals surface area contributed by atoms with E-state index in [1.165, 1.54) is 4.90 Å². The summed E-state index contributed by atoms with van der Waals surface area (Å²) in [6.07, 6.45) is 1.59. The number of hydrogen-bond acceptors (Lipinski definition) is 4. The van der Waals surface area contributed by atoms with Gasteiger partial charge in [-0.15, -0.1) is 0 Å². The molecule has 0 saturated carbocycles. The van der Waals surface area contributed by atoms with Gasteiger partial charge in [-0.05, 0) is 30.3 Å². The lowest BCUT2D eigenvalue weighted by Crippen LogP contribution is -2.38. The highest BCUT2D eigenvalue weighted by molar-refractivity contribution is 5.75. The van der Waals surface area contributed by atoms with Crippen molar-refractivity contribution in [2.75, 3.05) is 20.6 Å². The number of nitrogens with zero attached hydrogens (tertiary/aromatic N) is 2. The van der Waals surface area contributed by atoms with Crippen LogP contribution in [0.2, 0.25) is 0 Å². The average Bonchev–Trinajstić information content (AvgIpc) is 3.11. The highest BCUT2D eigenvalue weighted by Crippen LogP contribution is 2.13. The van der Waals surface area contributed by atoms with Crippen LogP contribution in [-0.2, 0) is 24.4 Å². The molecule has 0 fully saturated rings. The molecule has 2 aromatic rings. The molecule has 140 valence electrons. The number of aliphatic carboxylic acids is 1. The van der Waals surface area contributed by atoms with E-state index < -0.39 is 5.97 Å². The second-order valence-electron chi connectivity index (χ2n) is 6.24. The molecule has 1 aromatic carbocycles. The third-order valence-electron chi connectivity index (χ3n) is 4.00. The summed E-state index contributed by atoms with van der Waals surface area (Å²) < 4.78 is 5.37. The molecule has 0 saturated heterocycles. The molecule has 2 rings (SSSR count). The molecule has 7 nitrogen and oxygen atoms in total. The lowest BCUT2D eigenvalue weighted by molar-refractivity contribution is -0.137. The molecule has 0 aliphatic carbocycles. The molecule has 0 aliphatic heterocycles. The molecule has 1 aromatic heterocycles. The van der Waals surface area contributed by atoms with Crippen molar-refractivity contribution < 1.29 is 19.1 Å². The fraction of sp³-hybridized carbons (Fsp3) is 0.368. The van der Waals surface area contributed by atoms with Crippen LogP contribution in [0.25, 0.3) is 0 Å². The molecule has 0 atom stereocenters. The maximum Gasteiger partial charge on any atom is 0.317 e. The van der Waals surface area contributed by atoms with E-state index in [-0.39, 0.29) is 19.0 Å². The van der Waals surface area contributed by atoms with E-state index in [9.17, 15) is 9.59 Å². The first kappa shape index (κ1) is 19.5. The maximum atomic E-state index is 12.1. The average molecular weight is 359 g/mol. The van der Waals surface area contributed by atoms with Gasteiger partial charge < -0.3 is 19.7 Å². The predicted molar refractivity (Wildman–Crippen MR) is 97.4 cm³/mol. The monoisotopic (exact) mass is 359 g/mol. The van der Waals surface area contributed by atoms with Crippen molar-refractivity contribution in [2.45, 2.75) is 26.1 Å². The number of benzene rings is 1. The van der Waals surface area contributed by atoms with Crippen molar-refractivity contribution >= 4 is 12.0 Å². The van der Waals surface area contributed by atoms with Crippen molar-refractivity contribution in [3.63, 3.8) is 0 Å². The van der Waals surface area contributed by atoms with E-state index in [1.807, 2.05) is 43.4 Å². The van der Waals surface area contributed by atoms with E-state index in [1.54, 1.807) is 13.3 Å². The Bertz CT molecular complexity index is 715. The molecule has 0 radical (unpaired) electrons. The SMILES string of the molecule is CN(Cc1ccco1)Cc1ccccc1CNC(=O)N(C)CCC(=O)O. The summed E-state index contributed by atoms with van der Waals surface area (Å²) in [5.41, 5.74) is 2.15. The Hall–Kier alpha value is -2.80. The number of carboxylic acids is 1. The third-order valence-corrected chi connectivity index (χ3v) is 4.00. The van der Waals surface area contributed by atoms with Crippen LogP contribution in [0.1, 0.15) is 23.3 Å². The number of hydrogen-bond donors (Lipinski definition) is 2. The number of nitrogens with one attached hydrogen (secondary N) is 1. The Labute approximate surface area is 153 Å². The number of amides is 2. The number of carboxylic acid groups (broad SMARTS) is 1. The van der Waals surface area contributed by atoms with Crippen LogP contribution in [0, 0.1) is 0 Å². The summed E-state index contributed by atoms with van der Waals surface area (Å²) in [7, 11) is 3.60. The van der Waals surface area contributed by atoms with Crippen molar-refractivity contribution in [1.82, 2.24) is 15.1 Å². The number of urea groups is 1. The molecule has 0 spiro atoms. The smallest absolute Gasteiger partial charge is 0.317 e. The van der Waals surface area contributed by atoms with Gasteiger partial charge in [0.1, 0.15) is 5.76 Å². The number of rotatable bonds is 9. The largest absolute Gasteiger partial charge is 0.481 e. The van der Waals surface area contributed by atoms with Crippen molar-refractivity contribution in [1.29, 1.82) is 0 Å². The molecule has 0 aliphatic rings. The van der Waals surface area contributed by atoms with E-state index >= 15 is 0 Å². The third kappa shape index (κ3) is 6.25. The summed E-state index contributed by atoms with van der Waals surface area (Å²) in [6, 6.07) is 11.4. The molecule has 26 heavy (non-hydrogen) atoms. The Balaban J connectivity index is 1.89. The van der Waals surface area contributed by atoms with Gasteiger partial charge in [-0.2, -0.15) is 0 Å². The minimum atomic E-state index is -0.922. The van der Waals surface area contributed by atoms with Crippen LogP contribution in [0.3, 0.4) is 0 Å². The zero-order valence-electron chi connectivity index (χ0n) is 15.1. The van der Waals surface area contributed by atoms with Gasteiger partial charge in [-0.1, -0.05) is 24.3 Å². The molecular formula is C19H25N3O4. The van der Waals surface area contributed by atoms with Gasteiger partial charge in [-0.25, -0.2) is 4.79 Å². The van der Waals surface area contributed by atoms with E-state index in [2.05, 4.69) is 10.2 Å². The Morgan fingerprint density at radius 3 is 2.46 bits per heavy atom. The fourth-order valence-electron chi connectivity index (χ4n) is 2.57. The molecule has 2 N–H and O–H groups in total. The standard InChI is InChI=1S/C19H25N3O4/c1-21(14-17-8-5-11-26-17)13-16-7-4-3-6-15(16)12-20-19(25)22(2)10-9-18(23)24/h3-8,11H,9-10,12-14H2,1-2H3,(H,20,25)(H,23,24). The second-order valence-corrected chi connectivity index (χ2v) is 6.24. The number of carbonyl (C=O) groups excluding carboxylic acids is 1. The summed E-state index contributed by atoms with van der Waals surface area (Å²) in [6.45, 7) is 1.99. The van der Waals surface area contributed by atoms with E-state index in [0.717, 1.165) is 23.4 Å². The maximum absolute atomic E-state index is 12.1. The van der Waals surface area contributed by atoms with Gasteiger partial charge in [0.15, 0.2) is 0 Å².